The molecule has 6 heteroatoms. The van der Waals surface area contributed by atoms with Gasteiger partial charge in [-0.2, -0.15) is 10.4 Å². The summed E-state index contributed by atoms with van der Waals surface area (Å²) in [6, 6.07) is 6.55. The lowest BCUT2D eigenvalue weighted by Crippen LogP contribution is -2.09. The lowest BCUT2D eigenvalue weighted by atomic mass is 10.2. The van der Waals surface area contributed by atoms with Crippen molar-refractivity contribution in [3.63, 3.8) is 0 Å². The predicted octanol–water partition coefficient (Wildman–Crippen LogP) is 3.37. The molecule has 0 radical (unpaired) electrons. The Balaban J connectivity index is 2.46. The summed E-state index contributed by atoms with van der Waals surface area (Å²) in [7, 11) is 0. The van der Waals surface area contributed by atoms with Crippen LogP contribution < -0.4 is 4.74 Å². The van der Waals surface area contributed by atoms with E-state index in [2.05, 4.69) is 9.94 Å². The fraction of sp³-hybridized carbons (Fsp3) is 0.200. The number of benzene rings is 1. The molecule has 6 nitrogen and oxygen atoms in total. The van der Waals surface area contributed by atoms with Crippen LogP contribution >= 0.6 is 0 Å². The Morgan fingerprint density at radius 2 is 2.14 bits per heavy atom. The van der Waals surface area contributed by atoms with E-state index in [-0.39, 0.29) is 5.91 Å². The molecule has 2 aromatic rings. The number of carbonyl (C=O) groups is 1. The second kappa shape index (κ2) is 5.48. The van der Waals surface area contributed by atoms with Gasteiger partial charge in [-0.25, -0.2) is 9.53 Å². The molecule has 21 heavy (non-hydrogen) atoms. The average molecular weight is 280 g/mol. The highest BCUT2D eigenvalue weighted by molar-refractivity contribution is 5.76. The SMILES string of the molecule is [C-]#[N+]c1cc(C#N)cc(Oc2c(C)nn(C(C)=O)c2C)c1. The minimum atomic E-state index is -0.210. The number of hydrogen-bond acceptors (Lipinski definition) is 4. The number of ether oxygens (including phenoxy) is 1. The summed E-state index contributed by atoms with van der Waals surface area (Å²) in [5.74, 6) is 0.614. The largest absolute Gasteiger partial charge is 0.455 e. The first-order valence-corrected chi connectivity index (χ1v) is 6.14. The first-order valence-electron chi connectivity index (χ1n) is 6.14. The molecule has 1 aromatic heterocycles. The smallest absolute Gasteiger partial charge is 0.244 e. The van der Waals surface area contributed by atoms with Crippen LogP contribution in [0.2, 0.25) is 0 Å². The monoisotopic (exact) mass is 280 g/mol. The topological polar surface area (TPSA) is 72.3 Å². The van der Waals surface area contributed by atoms with Crippen LogP contribution in [0.15, 0.2) is 18.2 Å². The van der Waals surface area contributed by atoms with Gasteiger partial charge in [-0.1, -0.05) is 0 Å². The minimum Gasteiger partial charge on any atom is -0.455 e. The van der Waals surface area contributed by atoms with Crippen molar-refractivity contribution in [2.75, 3.05) is 0 Å². The Morgan fingerprint density at radius 3 is 2.67 bits per heavy atom. The third-order valence-corrected chi connectivity index (χ3v) is 2.89. The van der Waals surface area contributed by atoms with Gasteiger partial charge >= 0.3 is 0 Å². The first-order chi connectivity index (χ1) is 9.96. The number of aromatic nitrogens is 2. The molecule has 0 saturated carbocycles. The highest BCUT2D eigenvalue weighted by Gasteiger charge is 2.16. The Kier molecular flexibility index (Phi) is 3.73. The van der Waals surface area contributed by atoms with Gasteiger partial charge in [-0.05, 0) is 32.0 Å². The summed E-state index contributed by atoms with van der Waals surface area (Å²) in [5, 5.41) is 13.1. The summed E-state index contributed by atoms with van der Waals surface area (Å²) in [6.45, 7) is 11.9. The second-order valence-corrected chi connectivity index (χ2v) is 4.47. The van der Waals surface area contributed by atoms with Crippen LogP contribution in [0.4, 0.5) is 5.69 Å². The van der Waals surface area contributed by atoms with E-state index in [1.807, 2.05) is 6.07 Å². The van der Waals surface area contributed by atoms with Gasteiger partial charge in [0.1, 0.15) is 11.4 Å². The van der Waals surface area contributed by atoms with Crippen LogP contribution in [0.3, 0.4) is 0 Å². The van der Waals surface area contributed by atoms with Gasteiger partial charge in [0, 0.05) is 12.5 Å². The molecule has 0 aliphatic heterocycles. The van der Waals surface area contributed by atoms with Crippen LogP contribution in [0.25, 0.3) is 4.85 Å². The molecule has 0 bridgehead atoms. The van der Waals surface area contributed by atoms with Gasteiger partial charge < -0.3 is 4.74 Å². The third kappa shape index (κ3) is 2.75. The molecule has 0 fully saturated rings. The van der Waals surface area contributed by atoms with E-state index in [1.54, 1.807) is 19.9 Å². The summed E-state index contributed by atoms with van der Waals surface area (Å²) >= 11 is 0. The van der Waals surface area contributed by atoms with Gasteiger partial charge in [0.25, 0.3) is 0 Å². The van der Waals surface area contributed by atoms with Crippen molar-refractivity contribution in [2.24, 2.45) is 0 Å². The molecule has 0 N–H and O–H groups in total. The number of carbonyl (C=O) groups excluding carboxylic acids is 1. The van der Waals surface area contributed by atoms with Crippen LogP contribution in [-0.4, -0.2) is 15.7 Å². The molecule has 104 valence electrons. The summed E-state index contributed by atoms with van der Waals surface area (Å²) in [4.78, 5) is 14.8. The Bertz CT molecular complexity index is 774. The number of aryl methyl sites for hydroxylation is 1. The summed E-state index contributed by atoms with van der Waals surface area (Å²) in [5.41, 5.74) is 1.80. The Hall–Kier alpha value is -3.12. The van der Waals surface area contributed by atoms with Crippen molar-refractivity contribution in [1.82, 2.24) is 9.78 Å². The fourth-order valence-electron chi connectivity index (χ4n) is 1.97. The number of hydrogen-bond donors (Lipinski definition) is 0. The van der Waals surface area contributed by atoms with Crippen molar-refractivity contribution in [1.29, 1.82) is 5.26 Å². The van der Waals surface area contributed by atoms with Gasteiger partial charge in [-0.15, -0.1) is 0 Å². The first kappa shape index (κ1) is 14.3. The highest BCUT2D eigenvalue weighted by atomic mass is 16.5. The molecule has 0 atom stereocenters. The van der Waals surface area contributed by atoms with E-state index >= 15 is 0 Å². The second-order valence-electron chi connectivity index (χ2n) is 4.47. The van der Waals surface area contributed by atoms with Crippen molar-refractivity contribution in [2.45, 2.75) is 20.8 Å². The predicted molar refractivity (Wildman–Crippen MR) is 75.5 cm³/mol. The minimum absolute atomic E-state index is 0.210. The summed E-state index contributed by atoms with van der Waals surface area (Å²) < 4.78 is 6.98. The molecule has 1 heterocycles. The van der Waals surface area contributed by atoms with Crippen molar-refractivity contribution in [3.8, 4) is 17.6 Å². The van der Waals surface area contributed by atoms with E-state index in [4.69, 9.17) is 16.6 Å². The lowest BCUT2D eigenvalue weighted by molar-refractivity contribution is 0.0918. The van der Waals surface area contributed by atoms with Gasteiger partial charge in [-0.3, -0.25) is 4.79 Å². The number of nitriles is 1. The molecule has 0 amide bonds. The van der Waals surface area contributed by atoms with E-state index in [0.717, 1.165) is 0 Å². The standard InChI is InChI=1S/C15H12N4O2/c1-9-15(10(2)19(18-9)11(3)20)21-14-6-12(8-16)5-13(7-14)17-4/h5-7H,1-3H3. The zero-order valence-electron chi connectivity index (χ0n) is 11.8. The quantitative estimate of drug-likeness (QED) is 0.790. The van der Waals surface area contributed by atoms with E-state index in [9.17, 15) is 4.79 Å². The molecule has 0 spiro atoms. The molecular formula is C15H12N4O2. The number of rotatable bonds is 2. The molecule has 2 rings (SSSR count). The normalized spacial score (nSPS) is 9.76. The zero-order chi connectivity index (χ0) is 15.6. The van der Waals surface area contributed by atoms with E-state index < -0.39 is 0 Å². The lowest BCUT2D eigenvalue weighted by Gasteiger charge is -2.07. The third-order valence-electron chi connectivity index (χ3n) is 2.89. The molecule has 0 unspecified atom stereocenters. The Morgan fingerprint density at radius 1 is 1.43 bits per heavy atom. The Labute approximate surface area is 122 Å². The zero-order valence-corrected chi connectivity index (χ0v) is 11.8. The molecule has 0 aliphatic carbocycles. The van der Waals surface area contributed by atoms with Gasteiger partial charge in [0.05, 0.1) is 18.3 Å². The van der Waals surface area contributed by atoms with Crippen LogP contribution in [-0.2, 0) is 0 Å². The molecule has 1 aromatic carbocycles. The average Bonchev–Trinajstić information content (AvgIpc) is 2.75. The van der Waals surface area contributed by atoms with Crippen molar-refractivity contribution < 1.29 is 9.53 Å². The maximum absolute atomic E-state index is 11.4. The number of nitrogens with zero attached hydrogens (tertiary/aromatic N) is 4. The van der Waals surface area contributed by atoms with E-state index in [0.29, 0.717) is 34.1 Å². The van der Waals surface area contributed by atoms with Crippen LogP contribution in [0.1, 0.15) is 28.7 Å². The van der Waals surface area contributed by atoms with Gasteiger partial charge in [0.15, 0.2) is 11.4 Å². The fourth-order valence-corrected chi connectivity index (χ4v) is 1.97. The van der Waals surface area contributed by atoms with Crippen molar-refractivity contribution in [3.05, 3.63) is 46.6 Å². The maximum Gasteiger partial charge on any atom is 0.244 e. The van der Waals surface area contributed by atoms with Crippen LogP contribution in [0.5, 0.6) is 11.5 Å². The van der Waals surface area contributed by atoms with Crippen LogP contribution in [0, 0.1) is 31.8 Å². The molecular weight excluding hydrogens is 268 g/mol. The maximum atomic E-state index is 11.4. The molecule has 0 saturated heterocycles. The molecule has 0 aliphatic rings. The summed E-state index contributed by atoms with van der Waals surface area (Å²) in [6.07, 6.45) is 0. The van der Waals surface area contributed by atoms with Crippen molar-refractivity contribution >= 4 is 11.6 Å². The highest BCUT2D eigenvalue weighted by Crippen LogP contribution is 2.31. The van der Waals surface area contributed by atoms with Gasteiger partial charge in [0.2, 0.25) is 5.91 Å². The van der Waals surface area contributed by atoms with E-state index in [1.165, 1.54) is 23.7 Å².